The Hall–Kier alpha value is -1.36. The van der Waals surface area contributed by atoms with Crippen molar-refractivity contribution in [1.29, 1.82) is 0 Å². The number of nitrogens with zero attached hydrogens (tertiary/aromatic N) is 2. The molecule has 0 saturated carbocycles. The molecule has 3 N–H and O–H groups in total. The van der Waals surface area contributed by atoms with Crippen LogP contribution >= 0.6 is 0 Å². The van der Waals surface area contributed by atoms with Crippen LogP contribution in [0.1, 0.15) is 13.8 Å². The Morgan fingerprint density at radius 3 is 2.81 bits per heavy atom. The maximum absolute atomic E-state index is 11.7. The first-order chi connectivity index (χ1) is 7.65. The summed E-state index contributed by atoms with van der Waals surface area (Å²) in [4.78, 5) is 11.7. The molecule has 16 heavy (non-hydrogen) atoms. The van der Waals surface area contributed by atoms with E-state index in [9.17, 15) is 4.79 Å². The molecule has 0 saturated heterocycles. The van der Waals surface area contributed by atoms with Crippen molar-refractivity contribution in [1.82, 2.24) is 15.1 Å². The normalized spacial score (nSPS) is 12.8. The number of rotatable bonds is 6. The van der Waals surface area contributed by atoms with Crippen molar-refractivity contribution in [3.8, 4) is 0 Å². The summed E-state index contributed by atoms with van der Waals surface area (Å²) >= 11 is 0. The first-order valence-corrected chi connectivity index (χ1v) is 5.60. The van der Waals surface area contributed by atoms with Crippen LogP contribution in [0, 0.1) is 11.8 Å². The third kappa shape index (κ3) is 3.66. The van der Waals surface area contributed by atoms with Crippen molar-refractivity contribution in [2.75, 3.05) is 13.1 Å². The van der Waals surface area contributed by atoms with Crippen molar-refractivity contribution in [2.24, 2.45) is 17.6 Å². The van der Waals surface area contributed by atoms with E-state index >= 15 is 0 Å². The average Bonchev–Trinajstić information content (AvgIpc) is 2.71. The van der Waals surface area contributed by atoms with Crippen LogP contribution in [0.2, 0.25) is 0 Å². The molecule has 0 bridgehead atoms. The lowest BCUT2D eigenvalue weighted by atomic mass is 9.95. The topological polar surface area (TPSA) is 72.9 Å². The van der Waals surface area contributed by atoms with E-state index in [2.05, 4.69) is 10.4 Å². The average molecular weight is 224 g/mol. The van der Waals surface area contributed by atoms with Crippen LogP contribution in [0.25, 0.3) is 0 Å². The molecule has 1 heterocycles. The summed E-state index contributed by atoms with van der Waals surface area (Å²) in [5, 5.41) is 6.93. The lowest BCUT2D eigenvalue weighted by Crippen LogP contribution is -2.39. The smallest absolute Gasteiger partial charge is 0.224 e. The summed E-state index contributed by atoms with van der Waals surface area (Å²) in [5.41, 5.74) is 5.56. The van der Waals surface area contributed by atoms with E-state index in [0.717, 1.165) is 0 Å². The van der Waals surface area contributed by atoms with Crippen LogP contribution in [0.4, 0.5) is 0 Å². The minimum absolute atomic E-state index is 0.0321. The molecule has 5 nitrogen and oxygen atoms in total. The van der Waals surface area contributed by atoms with Gasteiger partial charge in [-0.2, -0.15) is 5.10 Å². The Morgan fingerprint density at radius 1 is 1.56 bits per heavy atom. The molecule has 0 aliphatic carbocycles. The Bertz CT molecular complexity index is 308. The molecule has 0 aromatic carbocycles. The van der Waals surface area contributed by atoms with Gasteiger partial charge in [0.25, 0.3) is 0 Å². The molecule has 1 rings (SSSR count). The highest BCUT2D eigenvalue weighted by Crippen LogP contribution is 2.08. The fourth-order valence-electron chi connectivity index (χ4n) is 1.54. The zero-order chi connectivity index (χ0) is 12.0. The number of amides is 1. The van der Waals surface area contributed by atoms with Crippen molar-refractivity contribution < 1.29 is 4.79 Å². The molecule has 1 aromatic rings. The first-order valence-electron chi connectivity index (χ1n) is 5.60. The zero-order valence-electron chi connectivity index (χ0n) is 9.89. The second kappa shape index (κ2) is 6.27. The van der Waals surface area contributed by atoms with E-state index in [-0.39, 0.29) is 17.7 Å². The molecule has 90 valence electrons. The van der Waals surface area contributed by atoms with E-state index in [1.807, 2.05) is 26.1 Å². The van der Waals surface area contributed by atoms with Crippen LogP contribution in [-0.2, 0) is 11.3 Å². The van der Waals surface area contributed by atoms with Gasteiger partial charge in [0.1, 0.15) is 0 Å². The lowest BCUT2D eigenvalue weighted by Gasteiger charge is -2.18. The zero-order valence-corrected chi connectivity index (χ0v) is 9.89. The maximum atomic E-state index is 11.7. The second-order valence-electron chi connectivity index (χ2n) is 4.15. The minimum atomic E-state index is -0.0994. The highest BCUT2D eigenvalue weighted by Gasteiger charge is 2.19. The highest BCUT2D eigenvalue weighted by molar-refractivity contribution is 5.79. The number of aromatic nitrogens is 2. The van der Waals surface area contributed by atoms with Gasteiger partial charge in [0.2, 0.25) is 5.91 Å². The van der Waals surface area contributed by atoms with Gasteiger partial charge in [-0.15, -0.1) is 0 Å². The van der Waals surface area contributed by atoms with Gasteiger partial charge in [-0.25, -0.2) is 0 Å². The molecule has 1 amide bonds. The van der Waals surface area contributed by atoms with Crippen molar-refractivity contribution in [3.05, 3.63) is 18.5 Å². The highest BCUT2D eigenvalue weighted by atomic mass is 16.1. The summed E-state index contributed by atoms with van der Waals surface area (Å²) in [5.74, 6) is 0.206. The number of nitrogens with one attached hydrogen (secondary N) is 1. The Labute approximate surface area is 96.0 Å². The predicted octanol–water partition coefficient (Wildman–Crippen LogP) is 0.230. The summed E-state index contributed by atoms with van der Waals surface area (Å²) in [7, 11) is 0. The van der Waals surface area contributed by atoms with Gasteiger partial charge in [-0.3, -0.25) is 9.48 Å². The number of carbonyl (C=O) groups is 1. The van der Waals surface area contributed by atoms with Crippen LogP contribution < -0.4 is 11.1 Å². The Kier molecular flexibility index (Phi) is 4.98. The maximum Gasteiger partial charge on any atom is 0.224 e. The van der Waals surface area contributed by atoms with Gasteiger partial charge in [-0.1, -0.05) is 13.8 Å². The third-order valence-electron chi connectivity index (χ3n) is 2.59. The fourth-order valence-corrected chi connectivity index (χ4v) is 1.54. The quantitative estimate of drug-likeness (QED) is 0.726. The summed E-state index contributed by atoms with van der Waals surface area (Å²) in [6, 6.07) is 1.86. The van der Waals surface area contributed by atoms with Crippen molar-refractivity contribution >= 4 is 5.91 Å². The molecule has 1 unspecified atom stereocenters. The van der Waals surface area contributed by atoms with Crippen LogP contribution in [-0.4, -0.2) is 28.8 Å². The fraction of sp³-hybridized carbons (Fsp3) is 0.636. The summed E-state index contributed by atoms with van der Waals surface area (Å²) < 4.78 is 1.78. The monoisotopic (exact) mass is 224 g/mol. The number of carbonyl (C=O) groups excluding carboxylic acids is 1. The SMILES string of the molecule is CC(C)C(CN)C(=O)NCCn1cccn1. The van der Waals surface area contributed by atoms with E-state index in [1.165, 1.54) is 0 Å². The van der Waals surface area contributed by atoms with E-state index in [1.54, 1.807) is 10.9 Å². The second-order valence-corrected chi connectivity index (χ2v) is 4.15. The predicted molar refractivity (Wildman–Crippen MR) is 62.6 cm³/mol. The van der Waals surface area contributed by atoms with Crippen molar-refractivity contribution in [3.63, 3.8) is 0 Å². The molecule has 0 radical (unpaired) electrons. The van der Waals surface area contributed by atoms with E-state index in [0.29, 0.717) is 19.6 Å². The van der Waals surface area contributed by atoms with Gasteiger partial charge < -0.3 is 11.1 Å². The summed E-state index contributed by atoms with van der Waals surface area (Å²) in [6.07, 6.45) is 3.59. The molecule has 5 heteroatoms. The standard InChI is InChI=1S/C11H20N4O/c1-9(2)10(8-12)11(16)13-5-7-15-6-3-4-14-15/h3-4,6,9-10H,5,7-8,12H2,1-2H3,(H,13,16). The molecule has 1 aromatic heterocycles. The van der Waals surface area contributed by atoms with Gasteiger partial charge in [0.05, 0.1) is 12.5 Å². The molecular formula is C11H20N4O. The van der Waals surface area contributed by atoms with Crippen LogP contribution in [0.3, 0.4) is 0 Å². The van der Waals surface area contributed by atoms with Gasteiger partial charge in [-0.05, 0) is 12.0 Å². The molecule has 0 spiro atoms. The summed E-state index contributed by atoms with van der Waals surface area (Å²) in [6.45, 7) is 5.68. The molecule has 0 fully saturated rings. The Balaban J connectivity index is 2.29. The number of nitrogens with two attached hydrogens (primary N) is 1. The first kappa shape index (κ1) is 12.7. The van der Waals surface area contributed by atoms with Crippen LogP contribution in [0.5, 0.6) is 0 Å². The Morgan fingerprint density at radius 2 is 2.31 bits per heavy atom. The molecule has 0 aliphatic rings. The largest absolute Gasteiger partial charge is 0.354 e. The van der Waals surface area contributed by atoms with Gasteiger partial charge in [0.15, 0.2) is 0 Å². The third-order valence-corrected chi connectivity index (χ3v) is 2.59. The number of hydrogen-bond acceptors (Lipinski definition) is 3. The molecule has 0 aliphatic heterocycles. The minimum Gasteiger partial charge on any atom is -0.354 e. The van der Waals surface area contributed by atoms with Crippen LogP contribution in [0.15, 0.2) is 18.5 Å². The van der Waals surface area contributed by atoms with E-state index < -0.39 is 0 Å². The molecule has 1 atom stereocenters. The van der Waals surface area contributed by atoms with Gasteiger partial charge in [0, 0.05) is 25.5 Å². The van der Waals surface area contributed by atoms with E-state index in [4.69, 9.17) is 5.73 Å². The van der Waals surface area contributed by atoms with Gasteiger partial charge >= 0.3 is 0 Å². The number of hydrogen-bond donors (Lipinski definition) is 2. The lowest BCUT2D eigenvalue weighted by molar-refractivity contribution is -0.125. The molecular weight excluding hydrogens is 204 g/mol. The van der Waals surface area contributed by atoms with Crippen molar-refractivity contribution in [2.45, 2.75) is 20.4 Å².